The molecular weight excluding hydrogens is 428 g/mol. The molecule has 2 aromatic rings. The average molecular weight is 454 g/mol. The summed E-state index contributed by atoms with van der Waals surface area (Å²) < 4.78 is 0. The normalized spacial score (nSPS) is 14.5. The van der Waals surface area contributed by atoms with E-state index in [4.69, 9.17) is 0 Å². The summed E-state index contributed by atoms with van der Waals surface area (Å²) in [6, 6.07) is 5.31. The lowest BCUT2D eigenvalue weighted by Crippen LogP contribution is -2.46. The van der Waals surface area contributed by atoms with Crippen LogP contribution >= 0.6 is 0 Å². The number of non-ortho nitro benzene ring substituents is 1. The Labute approximate surface area is 190 Å². The van der Waals surface area contributed by atoms with Crippen LogP contribution in [-0.2, 0) is 4.79 Å². The van der Waals surface area contributed by atoms with Crippen molar-refractivity contribution >= 4 is 29.2 Å². The van der Waals surface area contributed by atoms with Crippen molar-refractivity contribution in [3.05, 3.63) is 58.0 Å². The largest absolute Gasteiger partial charge is 0.348 e. The molecule has 0 spiro atoms. The molecule has 0 atom stereocenters. The van der Waals surface area contributed by atoms with Gasteiger partial charge in [0, 0.05) is 54.6 Å². The van der Waals surface area contributed by atoms with Crippen molar-refractivity contribution in [1.82, 2.24) is 20.2 Å². The lowest BCUT2D eigenvalue weighted by atomic mass is 9.96. The van der Waals surface area contributed by atoms with E-state index in [1.54, 1.807) is 25.7 Å². The zero-order valence-electron chi connectivity index (χ0n) is 18.7. The fourth-order valence-corrected chi connectivity index (χ4v) is 3.28. The molecule has 1 aromatic heterocycles. The Balaban J connectivity index is 1.58. The molecular formula is C22H26N6O5. The molecule has 0 saturated carbocycles. The van der Waals surface area contributed by atoms with E-state index >= 15 is 0 Å². The molecule has 0 unspecified atom stereocenters. The van der Waals surface area contributed by atoms with Crippen molar-refractivity contribution in [3.63, 3.8) is 0 Å². The van der Waals surface area contributed by atoms with Gasteiger partial charge in [-0.25, -0.2) is 9.97 Å². The zero-order chi connectivity index (χ0) is 24.2. The van der Waals surface area contributed by atoms with Crippen molar-refractivity contribution < 1.29 is 19.3 Å². The van der Waals surface area contributed by atoms with Gasteiger partial charge < -0.3 is 15.5 Å². The topological polar surface area (TPSA) is 147 Å². The molecule has 0 radical (unpaired) electrons. The van der Waals surface area contributed by atoms with E-state index in [-0.39, 0.29) is 35.1 Å². The number of hydrogen-bond donors (Lipinski definition) is 2. The maximum absolute atomic E-state index is 12.8. The number of nitro benzene ring substituents is 1. The minimum Gasteiger partial charge on any atom is -0.348 e. The second kappa shape index (κ2) is 9.72. The number of nitrogens with zero attached hydrogens (tertiary/aromatic N) is 4. The molecule has 2 heterocycles. The molecule has 11 heteroatoms. The van der Waals surface area contributed by atoms with E-state index in [0.29, 0.717) is 31.5 Å². The molecule has 3 amide bonds. The highest BCUT2D eigenvalue weighted by Gasteiger charge is 2.28. The standard InChI is InChI=1S/C22H26N6O5/c1-22(2,3)21(31)26-18-17(23-10-11-24-18)19(29)25-15-8-12-27(13-9-15)20(30)14-4-6-16(7-5-14)28(32)33/h4-7,10-11,15H,8-9,12-13H2,1-3H3,(H,25,29)(H,24,26,31). The van der Waals surface area contributed by atoms with Crippen LogP contribution in [0, 0.1) is 15.5 Å². The van der Waals surface area contributed by atoms with Crippen LogP contribution < -0.4 is 10.6 Å². The first-order valence-electron chi connectivity index (χ1n) is 10.5. The molecule has 1 fully saturated rings. The molecule has 0 aliphatic carbocycles. The number of benzene rings is 1. The van der Waals surface area contributed by atoms with E-state index in [1.165, 1.54) is 36.7 Å². The van der Waals surface area contributed by atoms with Gasteiger partial charge in [0.1, 0.15) is 0 Å². The predicted octanol–water partition coefficient (Wildman–Crippen LogP) is 2.40. The first-order chi connectivity index (χ1) is 15.6. The van der Waals surface area contributed by atoms with Gasteiger partial charge in [0.05, 0.1) is 4.92 Å². The minimum absolute atomic E-state index is 0.0273. The Kier molecular flexibility index (Phi) is 7.00. The molecule has 3 rings (SSSR count). The zero-order valence-corrected chi connectivity index (χ0v) is 18.7. The Bertz CT molecular complexity index is 1060. The maximum Gasteiger partial charge on any atom is 0.273 e. The fraction of sp³-hybridized carbons (Fsp3) is 0.409. The van der Waals surface area contributed by atoms with Crippen LogP contribution in [0.1, 0.15) is 54.5 Å². The Hall–Kier alpha value is -3.89. The van der Waals surface area contributed by atoms with Gasteiger partial charge >= 0.3 is 0 Å². The van der Waals surface area contributed by atoms with Crippen LogP contribution in [0.5, 0.6) is 0 Å². The number of piperidine rings is 1. The summed E-state index contributed by atoms with van der Waals surface area (Å²) in [6.45, 7) is 6.11. The average Bonchev–Trinajstić information content (AvgIpc) is 2.79. The molecule has 33 heavy (non-hydrogen) atoms. The predicted molar refractivity (Wildman–Crippen MR) is 120 cm³/mol. The summed E-state index contributed by atoms with van der Waals surface area (Å²) in [6.07, 6.45) is 3.85. The van der Waals surface area contributed by atoms with Gasteiger partial charge in [-0.2, -0.15) is 0 Å². The van der Waals surface area contributed by atoms with E-state index in [1.807, 2.05) is 0 Å². The van der Waals surface area contributed by atoms with Gasteiger partial charge in [0.15, 0.2) is 11.5 Å². The van der Waals surface area contributed by atoms with E-state index in [0.717, 1.165) is 0 Å². The Morgan fingerprint density at radius 2 is 1.67 bits per heavy atom. The van der Waals surface area contributed by atoms with Gasteiger partial charge in [-0.1, -0.05) is 20.8 Å². The number of aromatic nitrogens is 2. The third kappa shape index (κ3) is 5.88. The minimum atomic E-state index is -0.658. The number of hydrogen-bond acceptors (Lipinski definition) is 7. The highest BCUT2D eigenvalue weighted by molar-refractivity contribution is 6.02. The van der Waals surface area contributed by atoms with Gasteiger partial charge in [-0.3, -0.25) is 24.5 Å². The van der Waals surface area contributed by atoms with Crippen molar-refractivity contribution in [2.24, 2.45) is 5.41 Å². The molecule has 2 N–H and O–H groups in total. The number of carbonyl (C=O) groups excluding carboxylic acids is 3. The SMILES string of the molecule is CC(C)(C)C(=O)Nc1nccnc1C(=O)NC1CCN(C(=O)c2ccc([N+](=O)[O-])cc2)CC1. The Morgan fingerprint density at radius 3 is 2.24 bits per heavy atom. The third-order valence-corrected chi connectivity index (χ3v) is 5.27. The summed E-state index contributed by atoms with van der Waals surface area (Å²) in [7, 11) is 0. The molecule has 1 aromatic carbocycles. The summed E-state index contributed by atoms with van der Waals surface area (Å²) >= 11 is 0. The molecule has 0 bridgehead atoms. The maximum atomic E-state index is 12.8. The summed E-state index contributed by atoms with van der Waals surface area (Å²) in [5, 5.41) is 16.3. The lowest BCUT2D eigenvalue weighted by molar-refractivity contribution is -0.384. The van der Waals surface area contributed by atoms with Gasteiger partial charge in [0.2, 0.25) is 5.91 Å². The molecule has 1 aliphatic heterocycles. The van der Waals surface area contributed by atoms with E-state index in [9.17, 15) is 24.5 Å². The van der Waals surface area contributed by atoms with Gasteiger partial charge in [-0.05, 0) is 25.0 Å². The van der Waals surface area contributed by atoms with Crippen molar-refractivity contribution in [1.29, 1.82) is 0 Å². The van der Waals surface area contributed by atoms with Crippen molar-refractivity contribution in [3.8, 4) is 0 Å². The fourth-order valence-electron chi connectivity index (χ4n) is 3.28. The number of carbonyl (C=O) groups is 3. The quantitative estimate of drug-likeness (QED) is 0.521. The molecule has 11 nitrogen and oxygen atoms in total. The smallest absolute Gasteiger partial charge is 0.273 e. The second-order valence-electron chi connectivity index (χ2n) is 8.80. The van der Waals surface area contributed by atoms with E-state index in [2.05, 4.69) is 20.6 Å². The molecule has 174 valence electrons. The number of anilines is 1. The van der Waals surface area contributed by atoms with Crippen molar-refractivity contribution in [2.75, 3.05) is 18.4 Å². The summed E-state index contributed by atoms with van der Waals surface area (Å²) in [4.78, 5) is 57.8. The molecule has 1 aliphatic rings. The first-order valence-corrected chi connectivity index (χ1v) is 10.5. The van der Waals surface area contributed by atoms with Crippen LogP contribution in [0.25, 0.3) is 0 Å². The van der Waals surface area contributed by atoms with Crippen molar-refractivity contribution in [2.45, 2.75) is 39.7 Å². The monoisotopic (exact) mass is 454 g/mol. The summed E-state index contributed by atoms with van der Waals surface area (Å²) in [5.74, 6) is -0.848. The molecule has 1 saturated heterocycles. The van der Waals surface area contributed by atoms with Crippen LogP contribution in [0.2, 0.25) is 0 Å². The third-order valence-electron chi connectivity index (χ3n) is 5.27. The number of amides is 3. The number of likely N-dealkylation sites (tertiary alicyclic amines) is 1. The van der Waals surface area contributed by atoms with Gasteiger partial charge in [0.25, 0.3) is 17.5 Å². The lowest BCUT2D eigenvalue weighted by Gasteiger charge is -2.32. The first kappa shape index (κ1) is 23.8. The number of rotatable bonds is 5. The van der Waals surface area contributed by atoms with Gasteiger partial charge in [-0.15, -0.1) is 0 Å². The highest BCUT2D eigenvalue weighted by Crippen LogP contribution is 2.20. The second-order valence-corrected chi connectivity index (χ2v) is 8.80. The van der Waals surface area contributed by atoms with Crippen LogP contribution in [-0.4, -0.2) is 56.6 Å². The number of nitro groups is 1. The van der Waals surface area contributed by atoms with Crippen LogP contribution in [0.4, 0.5) is 11.5 Å². The highest BCUT2D eigenvalue weighted by atomic mass is 16.6. The summed E-state index contributed by atoms with van der Waals surface area (Å²) in [5.41, 5.74) is -0.328. The van der Waals surface area contributed by atoms with Crippen LogP contribution in [0.3, 0.4) is 0 Å². The van der Waals surface area contributed by atoms with E-state index < -0.39 is 16.2 Å². The Morgan fingerprint density at radius 1 is 1.06 bits per heavy atom. The number of nitrogens with one attached hydrogen (secondary N) is 2. The van der Waals surface area contributed by atoms with Crippen LogP contribution in [0.15, 0.2) is 36.7 Å².